The van der Waals surface area contributed by atoms with E-state index in [0.29, 0.717) is 12.0 Å². The van der Waals surface area contributed by atoms with E-state index in [-0.39, 0.29) is 0 Å². The monoisotopic (exact) mass is 186 g/mol. The van der Waals surface area contributed by atoms with Gasteiger partial charge in [-0.05, 0) is 18.1 Å². The van der Waals surface area contributed by atoms with E-state index in [1.54, 1.807) is 0 Å². The fraction of sp³-hybridized carbons (Fsp3) is 0.417. The van der Waals surface area contributed by atoms with Gasteiger partial charge in [0.15, 0.2) is 0 Å². The van der Waals surface area contributed by atoms with E-state index < -0.39 is 0 Å². The molecule has 72 valence electrons. The first-order chi connectivity index (χ1) is 6.79. The number of para-hydroxylation sites is 2. The molecule has 2 aliphatic rings. The molecular formula is C12H14N2. The highest BCUT2D eigenvalue weighted by Crippen LogP contribution is 2.47. The van der Waals surface area contributed by atoms with Crippen molar-refractivity contribution in [2.75, 3.05) is 11.9 Å². The van der Waals surface area contributed by atoms with Gasteiger partial charge in [0, 0.05) is 25.2 Å². The Labute approximate surface area is 84.3 Å². The minimum atomic E-state index is 0.660. The zero-order valence-corrected chi connectivity index (χ0v) is 8.51. The molecule has 0 aromatic heterocycles. The molecule has 3 unspecified atom stereocenters. The highest BCUT2D eigenvalue weighted by molar-refractivity contribution is 5.81. The molecule has 0 bridgehead atoms. The van der Waals surface area contributed by atoms with Gasteiger partial charge in [0.25, 0.3) is 0 Å². The Morgan fingerprint density at radius 2 is 2.07 bits per heavy atom. The summed E-state index contributed by atoms with van der Waals surface area (Å²) in [5.74, 6) is 1.42. The molecule has 1 saturated carbocycles. The third-order valence-electron chi connectivity index (χ3n) is 3.49. The fourth-order valence-electron chi connectivity index (χ4n) is 2.51. The first-order valence-electron chi connectivity index (χ1n) is 5.15. The minimum absolute atomic E-state index is 0.660. The number of fused-ring (bicyclic) bond motifs is 2. The summed E-state index contributed by atoms with van der Waals surface area (Å²) in [7, 11) is 2.18. The van der Waals surface area contributed by atoms with Gasteiger partial charge in [-0.25, -0.2) is 0 Å². The molecule has 0 saturated heterocycles. The van der Waals surface area contributed by atoms with Crippen LogP contribution in [0.5, 0.6) is 0 Å². The molecule has 1 aliphatic carbocycles. The highest BCUT2D eigenvalue weighted by Gasteiger charge is 2.49. The molecule has 3 rings (SSSR count). The van der Waals surface area contributed by atoms with E-state index in [4.69, 9.17) is 0 Å². The zero-order chi connectivity index (χ0) is 9.71. The third-order valence-corrected chi connectivity index (χ3v) is 3.49. The molecule has 3 atom stereocenters. The lowest BCUT2D eigenvalue weighted by atomic mass is 10.2. The van der Waals surface area contributed by atoms with Gasteiger partial charge in [-0.3, -0.25) is 4.99 Å². The SMILES string of the molecule is CC1C2C=Nc3ccccc3N(C)C12. The predicted octanol–water partition coefficient (Wildman–Crippen LogP) is 2.47. The molecule has 1 fully saturated rings. The van der Waals surface area contributed by atoms with Crippen LogP contribution in [0.2, 0.25) is 0 Å². The Morgan fingerprint density at radius 3 is 2.93 bits per heavy atom. The van der Waals surface area contributed by atoms with E-state index in [9.17, 15) is 0 Å². The summed E-state index contributed by atoms with van der Waals surface area (Å²) in [5, 5.41) is 0. The molecule has 1 heterocycles. The maximum atomic E-state index is 4.54. The quantitative estimate of drug-likeness (QED) is 0.607. The number of anilines is 1. The van der Waals surface area contributed by atoms with Crippen LogP contribution in [-0.2, 0) is 0 Å². The Balaban J connectivity index is 2.09. The first-order valence-corrected chi connectivity index (χ1v) is 5.15. The second-order valence-corrected chi connectivity index (χ2v) is 4.30. The third kappa shape index (κ3) is 0.939. The van der Waals surface area contributed by atoms with Crippen molar-refractivity contribution in [1.82, 2.24) is 0 Å². The predicted molar refractivity (Wildman–Crippen MR) is 59.4 cm³/mol. The maximum absolute atomic E-state index is 4.54. The number of hydrogen-bond donors (Lipinski definition) is 0. The number of aliphatic imine (C=N–C) groups is 1. The van der Waals surface area contributed by atoms with Crippen LogP contribution in [0.3, 0.4) is 0 Å². The second kappa shape index (κ2) is 2.59. The van der Waals surface area contributed by atoms with Crippen LogP contribution >= 0.6 is 0 Å². The summed E-state index contributed by atoms with van der Waals surface area (Å²) in [5.41, 5.74) is 2.37. The average Bonchev–Trinajstić information content (AvgIpc) is 2.88. The van der Waals surface area contributed by atoms with Crippen molar-refractivity contribution in [1.29, 1.82) is 0 Å². The summed E-state index contributed by atoms with van der Waals surface area (Å²) in [6.07, 6.45) is 2.12. The van der Waals surface area contributed by atoms with Crippen LogP contribution in [0, 0.1) is 11.8 Å². The molecule has 0 radical (unpaired) electrons. The molecule has 0 spiro atoms. The van der Waals surface area contributed by atoms with Gasteiger partial charge in [0.2, 0.25) is 0 Å². The number of hydrogen-bond acceptors (Lipinski definition) is 2. The van der Waals surface area contributed by atoms with Crippen LogP contribution in [0.4, 0.5) is 11.4 Å². The van der Waals surface area contributed by atoms with Gasteiger partial charge in [0.1, 0.15) is 0 Å². The summed E-state index contributed by atoms with van der Waals surface area (Å²) in [6.45, 7) is 2.30. The Hall–Kier alpha value is -1.31. The summed E-state index contributed by atoms with van der Waals surface area (Å²) in [6, 6.07) is 9.03. The largest absolute Gasteiger partial charge is 0.369 e. The molecule has 1 aliphatic heterocycles. The summed E-state index contributed by atoms with van der Waals surface area (Å²) >= 11 is 0. The van der Waals surface area contributed by atoms with Gasteiger partial charge >= 0.3 is 0 Å². The van der Waals surface area contributed by atoms with E-state index in [1.165, 1.54) is 5.69 Å². The van der Waals surface area contributed by atoms with Crippen LogP contribution in [-0.4, -0.2) is 19.3 Å². The molecule has 2 heteroatoms. The standard InChI is InChI=1S/C12H14N2/c1-8-9-7-13-10-5-3-4-6-11(10)14(2)12(8)9/h3-9,12H,1-2H3. The lowest BCUT2D eigenvalue weighted by Crippen LogP contribution is -2.21. The van der Waals surface area contributed by atoms with Gasteiger partial charge < -0.3 is 4.90 Å². The Kier molecular flexibility index (Phi) is 1.49. The topological polar surface area (TPSA) is 15.6 Å². The van der Waals surface area contributed by atoms with Crippen LogP contribution < -0.4 is 4.90 Å². The smallest absolute Gasteiger partial charge is 0.0859 e. The van der Waals surface area contributed by atoms with Gasteiger partial charge in [-0.2, -0.15) is 0 Å². The van der Waals surface area contributed by atoms with E-state index in [2.05, 4.69) is 48.3 Å². The molecule has 1 aromatic rings. The van der Waals surface area contributed by atoms with Gasteiger partial charge in [-0.15, -0.1) is 0 Å². The van der Waals surface area contributed by atoms with Crippen molar-refractivity contribution in [3.63, 3.8) is 0 Å². The van der Waals surface area contributed by atoms with Gasteiger partial charge in [-0.1, -0.05) is 19.1 Å². The number of rotatable bonds is 0. The van der Waals surface area contributed by atoms with Crippen molar-refractivity contribution in [3.8, 4) is 0 Å². The molecule has 1 aromatic carbocycles. The lowest BCUT2D eigenvalue weighted by Gasteiger charge is -2.20. The fourth-order valence-corrected chi connectivity index (χ4v) is 2.51. The van der Waals surface area contributed by atoms with Crippen molar-refractivity contribution < 1.29 is 0 Å². The minimum Gasteiger partial charge on any atom is -0.369 e. The van der Waals surface area contributed by atoms with Gasteiger partial charge in [0.05, 0.1) is 11.4 Å². The highest BCUT2D eigenvalue weighted by atomic mass is 15.2. The molecular weight excluding hydrogens is 172 g/mol. The van der Waals surface area contributed by atoms with E-state index in [1.807, 2.05) is 6.07 Å². The molecule has 0 amide bonds. The van der Waals surface area contributed by atoms with E-state index in [0.717, 1.165) is 11.6 Å². The van der Waals surface area contributed by atoms with Crippen LogP contribution in [0.25, 0.3) is 0 Å². The van der Waals surface area contributed by atoms with Crippen LogP contribution in [0.1, 0.15) is 6.92 Å². The maximum Gasteiger partial charge on any atom is 0.0859 e. The first kappa shape index (κ1) is 8.04. The molecule has 2 nitrogen and oxygen atoms in total. The van der Waals surface area contributed by atoms with Crippen molar-refractivity contribution >= 4 is 17.6 Å². The summed E-state index contributed by atoms with van der Waals surface area (Å²) < 4.78 is 0. The Morgan fingerprint density at radius 1 is 1.29 bits per heavy atom. The van der Waals surface area contributed by atoms with Crippen molar-refractivity contribution in [2.45, 2.75) is 13.0 Å². The van der Waals surface area contributed by atoms with Crippen molar-refractivity contribution in [2.24, 2.45) is 16.8 Å². The van der Waals surface area contributed by atoms with Crippen molar-refractivity contribution in [3.05, 3.63) is 24.3 Å². The second-order valence-electron chi connectivity index (χ2n) is 4.30. The lowest BCUT2D eigenvalue weighted by molar-refractivity contribution is 0.828. The van der Waals surface area contributed by atoms with E-state index >= 15 is 0 Å². The molecule has 0 N–H and O–H groups in total. The summed E-state index contributed by atoms with van der Waals surface area (Å²) in [4.78, 5) is 6.92. The Bertz CT molecular complexity index is 397. The zero-order valence-electron chi connectivity index (χ0n) is 8.51. The number of benzene rings is 1. The normalized spacial score (nSPS) is 33.3. The molecule has 14 heavy (non-hydrogen) atoms. The number of nitrogens with zero attached hydrogens (tertiary/aromatic N) is 2. The van der Waals surface area contributed by atoms with Crippen LogP contribution in [0.15, 0.2) is 29.3 Å². The average molecular weight is 186 g/mol.